The third-order valence-corrected chi connectivity index (χ3v) is 3.70. The van der Waals surface area contributed by atoms with Crippen molar-refractivity contribution in [3.8, 4) is 0 Å². The maximum absolute atomic E-state index is 4.41. The summed E-state index contributed by atoms with van der Waals surface area (Å²) >= 11 is 6.23. The SMILES string of the molecule is CSc1c(C)cc(S)c(C)c1C. The van der Waals surface area contributed by atoms with Gasteiger partial charge >= 0.3 is 0 Å². The average Bonchev–Trinajstić information content (AvgIpc) is 2.01. The lowest BCUT2D eigenvalue weighted by Crippen LogP contribution is -1.90. The van der Waals surface area contributed by atoms with Crippen LogP contribution in [0, 0.1) is 20.8 Å². The Bertz CT molecular complexity index is 303. The molecule has 0 atom stereocenters. The molecule has 0 aromatic heterocycles. The van der Waals surface area contributed by atoms with E-state index in [0.717, 1.165) is 4.90 Å². The smallest absolute Gasteiger partial charge is 0.0131 e. The number of aryl methyl sites for hydroxylation is 1. The summed E-state index contributed by atoms with van der Waals surface area (Å²) in [6.45, 7) is 6.42. The molecule has 66 valence electrons. The van der Waals surface area contributed by atoms with Crippen LogP contribution in [0.4, 0.5) is 0 Å². The molecule has 0 aliphatic carbocycles. The highest BCUT2D eigenvalue weighted by Crippen LogP contribution is 2.30. The second-order valence-electron chi connectivity index (χ2n) is 3.00. The number of rotatable bonds is 1. The summed E-state index contributed by atoms with van der Waals surface area (Å²) < 4.78 is 0. The van der Waals surface area contributed by atoms with Crippen molar-refractivity contribution in [2.24, 2.45) is 0 Å². The summed E-state index contributed by atoms with van der Waals surface area (Å²) in [5.41, 5.74) is 4.00. The molecule has 0 aliphatic heterocycles. The second-order valence-corrected chi connectivity index (χ2v) is 4.29. The Morgan fingerprint density at radius 1 is 1.17 bits per heavy atom. The van der Waals surface area contributed by atoms with Crippen molar-refractivity contribution in [3.63, 3.8) is 0 Å². The van der Waals surface area contributed by atoms with Crippen LogP contribution in [0.3, 0.4) is 0 Å². The van der Waals surface area contributed by atoms with Gasteiger partial charge in [-0.05, 0) is 49.8 Å². The fourth-order valence-corrected chi connectivity index (χ4v) is 2.55. The molecule has 0 saturated heterocycles. The average molecular weight is 198 g/mol. The molecule has 0 aliphatic rings. The first-order valence-corrected chi connectivity index (χ1v) is 5.59. The van der Waals surface area contributed by atoms with Crippen molar-refractivity contribution in [1.82, 2.24) is 0 Å². The molecular weight excluding hydrogens is 184 g/mol. The van der Waals surface area contributed by atoms with E-state index in [1.54, 1.807) is 0 Å². The van der Waals surface area contributed by atoms with E-state index in [-0.39, 0.29) is 0 Å². The normalized spacial score (nSPS) is 10.4. The number of benzene rings is 1. The Morgan fingerprint density at radius 2 is 1.75 bits per heavy atom. The molecule has 0 saturated carbocycles. The second kappa shape index (κ2) is 3.75. The summed E-state index contributed by atoms with van der Waals surface area (Å²) in [6.07, 6.45) is 2.12. The highest BCUT2D eigenvalue weighted by molar-refractivity contribution is 7.98. The van der Waals surface area contributed by atoms with Gasteiger partial charge in [-0.2, -0.15) is 0 Å². The van der Waals surface area contributed by atoms with E-state index in [1.807, 2.05) is 11.8 Å². The Hall–Kier alpha value is -0.0800. The number of hydrogen-bond donors (Lipinski definition) is 1. The fraction of sp³-hybridized carbons (Fsp3) is 0.400. The molecule has 0 nitrogen and oxygen atoms in total. The molecule has 1 aromatic rings. The molecule has 0 N–H and O–H groups in total. The lowest BCUT2D eigenvalue weighted by molar-refractivity contribution is 1.11. The van der Waals surface area contributed by atoms with E-state index < -0.39 is 0 Å². The van der Waals surface area contributed by atoms with Crippen molar-refractivity contribution in [1.29, 1.82) is 0 Å². The molecule has 0 unspecified atom stereocenters. The first-order chi connectivity index (χ1) is 5.57. The predicted octanol–water partition coefficient (Wildman–Crippen LogP) is 3.62. The molecular formula is C10H14S2. The van der Waals surface area contributed by atoms with Crippen LogP contribution in [-0.4, -0.2) is 6.26 Å². The molecule has 0 spiro atoms. The maximum Gasteiger partial charge on any atom is 0.0131 e. The maximum atomic E-state index is 4.41. The van der Waals surface area contributed by atoms with Crippen LogP contribution in [0.15, 0.2) is 15.9 Å². The largest absolute Gasteiger partial charge is 0.143 e. The summed E-state index contributed by atoms with van der Waals surface area (Å²) in [5, 5.41) is 0. The molecule has 1 aromatic carbocycles. The molecule has 0 fully saturated rings. The third kappa shape index (κ3) is 1.64. The van der Waals surface area contributed by atoms with Gasteiger partial charge in [-0.1, -0.05) is 0 Å². The van der Waals surface area contributed by atoms with E-state index in [0.29, 0.717) is 0 Å². The Balaban J connectivity index is 3.40. The zero-order chi connectivity index (χ0) is 9.30. The minimum atomic E-state index is 1.10. The minimum absolute atomic E-state index is 1.10. The van der Waals surface area contributed by atoms with E-state index in [9.17, 15) is 0 Å². The minimum Gasteiger partial charge on any atom is -0.143 e. The van der Waals surface area contributed by atoms with Crippen molar-refractivity contribution in [2.75, 3.05) is 6.26 Å². The molecule has 2 heteroatoms. The van der Waals surface area contributed by atoms with Gasteiger partial charge in [-0.3, -0.25) is 0 Å². The number of hydrogen-bond acceptors (Lipinski definition) is 2. The first kappa shape index (κ1) is 10.0. The molecule has 0 radical (unpaired) electrons. The zero-order valence-corrected chi connectivity index (χ0v) is 9.64. The third-order valence-electron chi connectivity index (χ3n) is 2.20. The van der Waals surface area contributed by atoms with Gasteiger partial charge in [0.15, 0.2) is 0 Å². The van der Waals surface area contributed by atoms with E-state index in [2.05, 4.69) is 45.7 Å². The van der Waals surface area contributed by atoms with Crippen LogP contribution in [0.1, 0.15) is 16.7 Å². The van der Waals surface area contributed by atoms with Crippen molar-refractivity contribution in [3.05, 3.63) is 22.8 Å². The van der Waals surface area contributed by atoms with E-state index >= 15 is 0 Å². The Labute approximate surface area is 84.2 Å². The van der Waals surface area contributed by atoms with Crippen LogP contribution < -0.4 is 0 Å². The molecule has 1 rings (SSSR count). The van der Waals surface area contributed by atoms with Crippen molar-refractivity contribution >= 4 is 24.4 Å². The van der Waals surface area contributed by atoms with Crippen molar-refractivity contribution < 1.29 is 0 Å². The van der Waals surface area contributed by atoms with Crippen molar-refractivity contribution in [2.45, 2.75) is 30.6 Å². The van der Waals surface area contributed by atoms with Crippen LogP contribution in [0.2, 0.25) is 0 Å². The Morgan fingerprint density at radius 3 is 2.25 bits per heavy atom. The molecule has 0 amide bonds. The van der Waals surface area contributed by atoms with Crippen LogP contribution in [0.25, 0.3) is 0 Å². The standard InChI is InChI=1S/C10H14S2/c1-6-5-9(11)7(2)8(3)10(6)12-4/h5,11H,1-4H3. The van der Waals surface area contributed by atoms with Gasteiger partial charge in [-0.15, -0.1) is 24.4 Å². The quantitative estimate of drug-likeness (QED) is 0.531. The fourth-order valence-electron chi connectivity index (χ4n) is 1.35. The Kier molecular flexibility index (Phi) is 3.13. The van der Waals surface area contributed by atoms with Gasteiger partial charge in [0, 0.05) is 9.79 Å². The zero-order valence-electron chi connectivity index (χ0n) is 7.93. The summed E-state index contributed by atoms with van der Waals surface area (Å²) in [6, 6.07) is 2.14. The van der Waals surface area contributed by atoms with Gasteiger partial charge in [0.1, 0.15) is 0 Å². The van der Waals surface area contributed by atoms with Gasteiger partial charge in [-0.25, -0.2) is 0 Å². The summed E-state index contributed by atoms with van der Waals surface area (Å²) in [4.78, 5) is 2.49. The topological polar surface area (TPSA) is 0 Å². The van der Waals surface area contributed by atoms with Gasteiger partial charge in [0.05, 0.1) is 0 Å². The molecule has 0 heterocycles. The lowest BCUT2D eigenvalue weighted by Gasteiger charge is -2.11. The van der Waals surface area contributed by atoms with Gasteiger partial charge in [0.2, 0.25) is 0 Å². The van der Waals surface area contributed by atoms with Gasteiger partial charge < -0.3 is 0 Å². The number of thiol groups is 1. The predicted molar refractivity (Wildman–Crippen MR) is 59.7 cm³/mol. The molecule has 0 bridgehead atoms. The van der Waals surface area contributed by atoms with Crippen LogP contribution in [-0.2, 0) is 0 Å². The van der Waals surface area contributed by atoms with E-state index in [4.69, 9.17) is 0 Å². The first-order valence-electron chi connectivity index (χ1n) is 3.91. The van der Waals surface area contributed by atoms with E-state index in [1.165, 1.54) is 21.6 Å². The number of thioether (sulfide) groups is 1. The lowest BCUT2D eigenvalue weighted by atomic mass is 10.1. The van der Waals surface area contributed by atoms with Crippen LogP contribution >= 0.6 is 24.4 Å². The highest BCUT2D eigenvalue weighted by Gasteiger charge is 2.06. The molecule has 12 heavy (non-hydrogen) atoms. The summed E-state index contributed by atoms with van der Waals surface area (Å²) in [7, 11) is 0. The highest BCUT2D eigenvalue weighted by atomic mass is 32.2. The summed E-state index contributed by atoms with van der Waals surface area (Å²) in [5.74, 6) is 0. The van der Waals surface area contributed by atoms with Crippen LogP contribution in [0.5, 0.6) is 0 Å². The monoisotopic (exact) mass is 198 g/mol. The van der Waals surface area contributed by atoms with Gasteiger partial charge in [0.25, 0.3) is 0 Å².